The van der Waals surface area contributed by atoms with Gasteiger partial charge in [-0.2, -0.15) is 0 Å². The molecule has 0 bridgehead atoms. The lowest BCUT2D eigenvalue weighted by atomic mass is 10.3. The van der Waals surface area contributed by atoms with Gasteiger partial charge in [0, 0.05) is 29.9 Å². The van der Waals surface area contributed by atoms with Crippen LogP contribution >= 0.6 is 11.8 Å². The fourth-order valence-electron chi connectivity index (χ4n) is 1.55. The zero-order chi connectivity index (χ0) is 13.2. The first-order valence-electron chi connectivity index (χ1n) is 6.43. The van der Waals surface area contributed by atoms with Crippen LogP contribution in [0.4, 0.5) is 4.39 Å². The van der Waals surface area contributed by atoms with Crippen LogP contribution in [0.2, 0.25) is 0 Å². The third-order valence-electron chi connectivity index (χ3n) is 2.44. The van der Waals surface area contributed by atoms with E-state index in [1.165, 1.54) is 6.07 Å². The molecular formula is C14H22FNOS. The van der Waals surface area contributed by atoms with Gasteiger partial charge in [-0.3, -0.25) is 0 Å². The number of rotatable bonds is 9. The van der Waals surface area contributed by atoms with Crippen molar-refractivity contribution in [2.75, 3.05) is 26.3 Å². The van der Waals surface area contributed by atoms with Crippen molar-refractivity contribution in [1.29, 1.82) is 0 Å². The summed E-state index contributed by atoms with van der Waals surface area (Å²) in [6, 6.07) is 6.92. The molecule has 0 fully saturated rings. The van der Waals surface area contributed by atoms with Gasteiger partial charge in [0.25, 0.3) is 0 Å². The van der Waals surface area contributed by atoms with Gasteiger partial charge in [0.1, 0.15) is 5.82 Å². The van der Waals surface area contributed by atoms with E-state index in [9.17, 15) is 4.39 Å². The SMILES string of the molecule is CCOCCCNCC(C)Sc1ccccc1F. The summed E-state index contributed by atoms with van der Waals surface area (Å²) in [5, 5.41) is 3.72. The van der Waals surface area contributed by atoms with E-state index in [1.807, 2.05) is 19.1 Å². The van der Waals surface area contributed by atoms with E-state index < -0.39 is 0 Å². The molecule has 1 unspecified atom stereocenters. The van der Waals surface area contributed by atoms with Crippen LogP contribution in [0.1, 0.15) is 20.3 Å². The molecule has 102 valence electrons. The minimum absolute atomic E-state index is 0.134. The van der Waals surface area contributed by atoms with E-state index in [0.717, 1.165) is 37.6 Å². The second kappa shape index (κ2) is 9.36. The minimum atomic E-state index is -0.134. The molecule has 0 heterocycles. The molecule has 18 heavy (non-hydrogen) atoms. The maximum Gasteiger partial charge on any atom is 0.136 e. The molecule has 0 amide bonds. The van der Waals surface area contributed by atoms with E-state index in [0.29, 0.717) is 5.25 Å². The van der Waals surface area contributed by atoms with E-state index in [2.05, 4.69) is 12.2 Å². The molecule has 0 aromatic heterocycles. The topological polar surface area (TPSA) is 21.3 Å². The van der Waals surface area contributed by atoms with Crippen molar-refractivity contribution in [1.82, 2.24) is 5.32 Å². The number of hydrogen-bond acceptors (Lipinski definition) is 3. The van der Waals surface area contributed by atoms with Crippen LogP contribution in [-0.4, -0.2) is 31.6 Å². The van der Waals surface area contributed by atoms with Crippen LogP contribution in [-0.2, 0) is 4.74 Å². The standard InChI is InChI=1S/C14H22FNOS/c1-3-17-10-6-9-16-11-12(2)18-14-8-5-4-7-13(14)15/h4-5,7-8,12,16H,3,6,9-11H2,1-2H3. The van der Waals surface area contributed by atoms with Crippen LogP contribution < -0.4 is 5.32 Å². The average molecular weight is 271 g/mol. The van der Waals surface area contributed by atoms with E-state index in [-0.39, 0.29) is 5.82 Å². The fraction of sp³-hybridized carbons (Fsp3) is 0.571. The molecule has 4 heteroatoms. The Morgan fingerprint density at radius 2 is 2.17 bits per heavy atom. The van der Waals surface area contributed by atoms with E-state index in [1.54, 1.807) is 17.8 Å². The molecule has 1 aromatic rings. The Balaban J connectivity index is 2.14. The number of halogens is 1. The first-order valence-corrected chi connectivity index (χ1v) is 7.31. The molecule has 1 N–H and O–H groups in total. The van der Waals surface area contributed by atoms with Gasteiger partial charge in [-0.25, -0.2) is 4.39 Å². The van der Waals surface area contributed by atoms with E-state index in [4.69, 9.17) is 4.74 Å². The molecule has 0 saturated heterocycles. The summed E-state index contributed by atoms with van der Waals surface area (Å²) in [4.78, 5) is 0.723. The van der Waals surface area contributed by atoms with Gasteiger partial charge in [0.05, 0.1) is 0 Å². The predicted molar refractivity (Wildman–Crippen MR) is 75.7 cm³/mol. The Morgan fingerprint density at radius 3 is 2.89 bits per heavy atom. The van der Waals surface area contributed by atoms with Crippen LogP contribution in [0.15, 0.2) is 29.2 Å². The largest absolute Gasteiger partial charge is 0.382 e. The first kappa shape index (κ1) is 15.5. The molecule has 2 nitrogen and oxygen atoms in total. The monoisotopic (exact) mass is 271 g/mol. The highest BCUT2D eigenvalue weighted by Gasteiger charge is 2.07. The van der Waals surface area contributed by atoms with Gasteiger partial charge in [-0.05, 0) is 32.0 Å². The minimum Gasteiger partial charge on any atom is -0.382 e. The molecular weight excluding hydrogens is 249 g/mol. The smallest absolute Gasteiger partial charge is 0.136 e. The Kier molecular flexibility index (Phi) is 8.05. The molecule has 1 rings (SSSR count). The van der Waals surface area contributed by atoms with Gasteiger partial charge in [-0.15, -0.1) is 11.8 Å². The average Bonchev–Trinajstić information content (AvgIpc) is 2.36. The van der Waals surface area contributed by atoms with Crippen molar-refractivity contribution in [2.24, 2.45) is 0 Å². The summed E-state index contributed by atoms with van der Waals surface area (Å²) in [5.41, 5.74) is 0. The summed E-state index contributed by atoms with van der Waals surface area (Å²) in [7, 11) is 0. The Hall–Kier alpha value is -0.580. The third kappa shape index (κ3) is 6.38. The molecule has 0 saturated carbocycles. The number of benzene rings is 1. The molecule has 0 spiro atoms. The van der Waals surface area contributed by atoms with Crippen LogP contribution in [0.5, 0.6) is 0 Å². The lowest BCUT2D eigenvalue weighted by Crippen LogP contribution is -2.24. The Bertz CT molecular complexity index is 335. The van der Waals surface area contributed by atoms with Gasteiger partial charge >= 0.3 is 0 Å². The van der Waals surface area contributed by atoms with Crippen molar-refractivity contribution in [3.8, 4) is 0 Å². The zero-order valence-electron chi connectivity index (χ0n) is 11.1. The highest BCUT2D eigenvalue weighted by atomic mass is 32.2. The molecule has 0 aliphatic rings. The van der Waals surface area contributed by atoms with Crippen LogP contribution in [0.25, 0.3) is 0 Å². The van der Waals surface area contributed by atoms with Gasteiger partial charge in [-0.1, -0.05) is 19.1 Å². The van der Waals surface area contributed by atoms with Crippen molar-refractivity contribution in [3.63, 3.8) is 0 Å². The normalized spacial score (nSPS) is 12.6. The second-order valence-electron chi connectivity index (χ2n) is 4.11. The number of nitrogens with one attached hydrogen (secondary N) is 1. The summed E-state index contributed by atoms with van der Waals surface area (Å²) in [6.45, 7) is 7.51. The summed E-state index contributed by atoms with van der Waals surface area (Å²) in [6.07, 6.45) is 1.02. The lowest BCUT2D eigenvalue weighted by Gasteiger charge is -2.12. The van der Waals surface area contributed by atoms with Crippen molar-refractivity contribution in [3.05, 3.63) is 30.1 Å². The molecule has 0 aliphatic heterocycles. The summed E-state index contributed by atoms with van der Waals surface area (Å²) >= 11 is 1.57. The number of thioether (sulfide) groups is 1. The maximum atomic E-state index is 13.4. The Morgan fingerprint density at radius 1 is 1.39 bits per heavy atom. The molecule has 1 aromatic carbocycles. The van der Waals surface area contributed by atoms with Crippen molar-refractivity contribution >= 4 is 11.8 Å². The Labute approximate surface area is 113 Å². The number of hydrogen-bond donors (Lipinski definition) is 1. The zero-order valence-corrected chi connectivity index (χ0v) is 11.9. The van der Waals surface area contributed by atoms with Crippen LogP contribution in [0.3, 0.4) is 0 Å². The molecule has 0 radical (unpaired) electrons. The first-order chi connectivity index (χ1) is 8.74. The fourth-order valence-corrected chi connectivity index (χ4v) is 2.52. The molecule has 0 aliphatic carbocycles. The quantitative estimate of drug-likeness (QED) is 0.550. The van der Waals surface area contributed by atoms with Crippen LogP contribution in [0, 0.1) is 5.82 Å². The van der Waals surface area contributed by atoms with Gasteiger partial charge in [0.2, 0.25) is 0 Å². The molecule has 1 atom stereocenters. The predicted octanol–water partition coefficient (Wildman–Crippen LogP) is 3.32. The van der Waals surface area contributed by atoms with Gasteiger partial charge in [0.15, 0.2) is 0 Å². The highest BCUT2D eigenvalue weighted by molar-refractivity contribution is 8.00. The highest BCUT2D eigenvalue weighted by Crippen LogP contribution is 2.25. The second-order valence-corrected chi connectivity index (χ2v) is 5.59. The number of ether oxygens (including phenoxy) is 1. The van der Waals surface area contributed by atoms with E-state index >= 15 is 0 Å². The van der Waals surface area contributed by atoms with Crippen molar-refractivity contribution in [2.45, 2.75) is 30.4 Å². The summed E-state index contributed by atoms with van der Waals surface area (Å²) < 4.78 is 18.7. The third-order valence-corrected chi connectivity index (χ3v) is 3.60. The van der Waals surface area contributed by atoms with Crippen molar-refractivity contribution < 1.29 is 9.13 Å². The lowest BCUT2D eigenvalue weighted by molar-refractivity contribution is 0.145. The maximum absolute atomic E-state index is 13.4. The van der Waals surface area contributed by atoms with Gasteiger partial charge < -0.3 is 10.1 Å². The summed E-state index contributed by atoms with van der Waals surface area (Å²) in [5.74, 6) is -0.134.